The zero-order valence-corrected chi connectivity index (χ0v) is 16.9. The van der Waals surface area contributed by atoms with Gasteiger partial charge in [-0.15, -0.1) is 0 Å². The largest absolute Gasteiger partial charge is 0.489 e. The summed E-state index contributed by atoms with van der Waals surface area (Å²) in [5, 5.41) is 14.9. The molecule has 1 N–H and O–H groups in total. The van der Waals surface area contributed by atoms with Gasteiger partial charge < -0.3 is 14.8 Å². The van der Waals surface area contributed by atoms with Gasteiger partial charge in [0.2, 0.25) is 5.95 Å². The maximum absolute atomic E-state index is 12.8. The number of fused-ring (bicyclic) bond motifs is 1. The summed E-state index contributed by atoms with van der Waals surface area (Å²) in [6.45, 7) is 4.62. The Morgan fingerprint density at radius 3 is 2.63 bits per heavy atom. The van der Waals surface area contributed by atoms with Gasteiger partial charge in [-0.05, 0) is 47.0 Å². The monoisotopic (exact) mass is 405 g/mol. The number of hydrogen-bond donors (Lipinski definition) is 1. The number of anilines is 1. The van der Waals surface area contributed by atoms with Gasteiger partial charge in [-0.1, -0.05) is 54.5 Å². The maximum atomic E-state index is 12.8. The molecule has 3 aromatic rings. The van der Waals surface area contributed by atoms with E-state index in [0.717, 1.165) is 23.3 Å². The van der Waals surface area contributed by atoms with Crippen LogP contribution in [0.3, 0.4) is 0 Å². The minimum absolute atomic E-state index is 0.358. The van der Waals surface area contributed by atoms with E-state index in [0.29, 0.717) is 30.4 Å². The molecule has 4 rings (SSSR count). The van der Waals surface area contributed by atoms with Crippen LogP contribution in [0, 0.1) is 0 Å². The summed E-state index contributed by atoms with van der Waals surface area (Å²) in [4.78, 5) is 12.8. The zero-order valence-electron chi connectivity index (χ0n) is 16.9. The summed E-state index contributed by atoms with van der Waals surface area (Å²) < 4.78 is 12.9. The predicted octanol–water partition coefficient (Wildman–Crippen LogP) is 3.49. The molecule has 154 valence electrons. The molecule has 0 saturated heterocycles. The van der Waals surface area contributed by atoms with Gasteiger partial charge in [0.15, 0.2) is 0 Å². The molecule has 8 nitrogen and oxygen atoms in total. The van der Waals surface area contributed by atoms with Gasteiger partial charge in [-0.3, -0.25) is 0 Å². The van der Waals surface area contributed by atoms with E-state index < -0.39 is 6.04 Å². The first-order chi connectivity index (χ1) is 14.7. The van der Waals surface area contributed by atoms with Gasteiger partial charge in [0, 0.05) is 5.70 Å². The molecule has 0 spiro atoms. The molecule has 1 unspecified atom stereocenters. The molecule has 1 aromatic heterocycles. The average Bonchev–Trinajstić information content (AvgIpc) is 3.24. The molecule has 30 heavy (non-hydrogen) atoms. The van der Waals surface area contributed by atoms with E-state index in [1.54, 1.807) is 4.68 Å². The highest BCUT2D eigenvalue weighted by Crippen LogP contribution is 2.35. The molecule has 0 saturated carbocycles. The molecule has 1 aliphatic heterocycles. The number of esters is 1. The number of ether oxygens (including phenoxy) is 2. The van der Waals surface area contributed by atoms with E-state index in [9.17, 15) is 4.79 Å². The van der Waals surface area contributed by atoms with Crippen LogP contribution in [0.4, 0.5) is 5.95 Å². The average molecular weight is 405 g/mol. The van der Waals surface area contributed by atoms with Gasteiger partial charge in [-0.25, -0.2) is 4.79 Å². The predicted molar refractivity (Wildman–Crippen MR) is 111 cm³/mol. The third-order valence-electron chi connectivity index (χ3n) is 4.82. The maximum Gasteiger partial charge on any atom is 0.338 e. The third-order valence-corrected chi connectivity index (χ3v) is 4.82. The number of rotatable bonds is 7. The van der Waals surface area contributed by atoms with E-state index in [4.69, 9.17) is 9.47 Å². The highest BCUT2D eigenvalue weighted by Gasteiger charge is 2.34. The number of carbonyl (C=O) groups excluding carboxylic acids is 1. The van der Waals surface area contributed by atoms with Gasteiger partial charge in [-0.2, -0.15) is 4.68 Å². The van der Waals surface area contributed by atoms with Crippen molar-refractivity contribution in [2.24, 2.45) is 0 Å². The van der Waals surface area contributed by atoms with Crippen molar-refractivity contribution in [3.8, 4) is 5.75 Å². The van der Waals surface area contributed by atoms with Crippen LogP contribution in [-0.4, -0.2) is 32.8 Å². The lowest BCUT2D eigenvalue weighted by atomic mass is 9.96. The summed E-state index contributed by atoms with van der Waals surface area (Å²) in [5.74, 6) is 0.843. The van der Waals surface area contributed by atoms with Gasteiger partial charge in [0.1, 0.15) is 18.4 Å². The highest BCUT2D eigenvalue weighted by atomic mass is 16.5. The minimum atomic E-state index is -0.483. The number of aromatic nitrogens is 4. The second-order valence-electron chi connectivity index (χ2n) is 6.99. The first-order valence-corrected chi connectivity index (χ1v) is 9.87. The Bertz CT molecular complexity index is 1040. The molecule has 8 heteroatoms. The second-order valence-corrected chi connectivity index (χ2v) is 6.99. The van der Waals surface area contributed by atoms with E-state index in [-0.39, 0.29) is 5.97 Å². The molecule has 0 fully saturated rings. The Morgan fingerprint density at radius 1 is 1.13 bits per heavy atom. The number of hydrogen-bond acceptors (Lipinski definition) is 7. The molecule has 0 radical (unpaired) electrons. The van der Waals surface area contributed by atoms with Gasteiger partial charge in [0.05, 0.1) is 12.2 Å². The van der Waals surface area contributed by atoms with Crippen molar-refractivity contribution < 1.29 is 14.3 Å². The summed E-state index contributed by atoms with van der Waals surface area (Å²) in [7, 11) is 0. The molecular formula is C22H23N5O3. The lowest BCUT2D eigenvalue weighted by molar-refractivity contribution is -0.139. The number of nitrogens with zero attached hydrogens (tertiary/aromatic N) is 4. The first-order valence-electron chi connectivity index (χ1n) is 9.87. The Balaban J connectivity index is 1.59. The lowest BCUT2D eigenvalue weighted by Gasteiger charge is -2.27. The second kappa shape index (κ2) is 8.77. The number of carbonyl (C=O) groups is 1. The molecular weight excluding hydrogens is 382 g/mol. The summed E-state index contributed by atoms with van der Waals surface area (Å²) in [5.41, 5.74) is 3.12. The Hall–Kier alpha value is -3.68. The number of benzene rings is 2. The Kier molecular flexibility index (Phi) is 5.74. The molecule has 2 heterocycles. The van der Waals surface area contributed by atoms with Gasteiger partial charge >= 0.3 is 5.97 Å². The Morgan fingerprint density at radius 2 is 1.90 bits per heavy atom. The number of nitrogens with one attached hydrogen (secondary N) is 1. The SMILES string of the molecule is CCCOC(=O)C1=C(C)Nc2nnnn2C1c1ccc(OCc2ccccc2)cc1. The fourth-order valence-corrected chi connectivity index (χ4v) is 3.34. The van der Waals surface area contributed by atoms with Crippen molar-refractivity contribution in [3.05, 3.63) is 77.0 Å². The van der Waals surface area contributed by atoms with Crippen LogP contribution < -0.4 is 10.1 Å². The quantitative estimate of drug-likeness (QED) is 0.602. The number of tetrazole rings is 1. The van der Waals surface area contributed by atoms with Crippen LogP contribution in [0.2, 0.25) is 0 Å². The van der Waals surface area contributed by atoms with E-state index in [2.05, 4.69) is 20.8 Å². The normalized spacial score (nSPS) is 15.3. The van der Waals surface area contributed by atoms with Gasteiger partial charge in [0.25, 0.3) is 0 Å². The van der Waals surface area contributed by atoms with E-state index in [1.165, 1.54) is 0 Å². The summed E-state index contributed by atoms with van der Waals surface area (Å²) >= 11 is 0. The van der Waals surface area contributed by atoms with E-state index >= 15 is 0 Å². The van der Waals surface area contributed by atoms with Crippen molar-refractivity contribution in [1.29, 1.82) is 0 Å². The molecule has 1 aliphatic rings. The van der Waals surface area contributed by atoms with E-state index in [1.807, 2.05) is 68.4 Å². The molecule has 2 aromatic carbocycles. The van der Waals surface area contributed by atoms with Crippen LogP contribution in [0.1, 0.15) is 37.4 Å². The minimum Gasteiger partial charge on any atom is -0.489 e. The standard InChI is InChI=1S/C22H23N5O3/c1-3-13-29-21(28)19-15(2)23-22-24-25-26-27(22)20(19)17-9-11-18(12-10-17)30-14-16-7-5-4-6-8-16/h4-12,20H,3,13-14H2,1-2H3,(H,23,24,26). The fourth-order valence-electron chi connectivity index (χ4n) is 3.34. The zero-order chi connectivity index (χ0) is 20.9. The lowest BCUT2D eigenvalue weighted by Crippen LogP contribution is -2.29. The van der Waals surface area contributed by atoms with Crippen LogP contribution in [0.15, 0.2) is 65.9 Å². The van der Waals surface area contributed by atoms with Crippen molar-refractivity contribution in [2.45, 2.75) is 32.9 Å². The highest BCUT2D eigenvalue weighted by molar-refractivity contribution is 5.92. The molecule has 0 aliphatic carbocycles. The molecule has 1 atom stereocenters. The van der Waals surface area contributed by atoms with Crippen LogP contribution in [0.25, 0.3) is 0 Å². The van der Waals surface area contributed by atoms with Crippen LogP contribution in [0.5, 0.6) is 5.75 Å². The Labute approximate surface area is 174 Å². The number of allylic oxidation sites excluding steroid dienone is 1. The molecule has 0 amide bonds. The van der Waals surface area contributed by atoms with Crippen molar-refractivity contribution >= 4 is 11.9 Å². The van der Waals surface area contributed by atoms with Crippen LogP contribution in [-0.2, 0) is 16.1 Å². The topological polar surface area (TPSA) is 91.2 Å². The first kappa shape index (κ1) is 19.6. The summed E-state index contributed by atoms with van der Waals surface area (Å²) in [6.07, 6.45) is 0.750. The van der Waals surface area contributed by atoms with Crippen molar-refractivity contribution in [1.82, 2.24) is 20.2 Å². The fraction of sp³-hybridized carbons (Fsp3) is 0.273. The van der Waals surface area contributed by atoms with Crippen molar-refractivity contribution in [3.63, 3.8) is 0 Å². The summed E-state index contributed by atoms with van der Waals surface area (Å²) in [6, 6.07) is 17.1. The molecule has 0 bridgehead atoms. The van der Waals surface area contributed by atoms with Crippen molar-refractivity contribution in [2.75, 3.05) is 11.9 Å². The van der Waals surface area contributed by atoms with Crippen LogP contribution >= 0.6 is 0 Å². The third kappa shape index (κ3) is 4.03. The smallest absolute Gasteiger partial charge is 0.338 e.